The van der Waals surface area contributed by atoms with Gasteiger partial charge in [0, 0.05) is 61.5 Å². The Hall–Kier alpha value is -2.31. The number of carbonyl (C=O) groups is 1. The van der Waals surface area contributed by atoms with Crippen LogP contribution >= 0.6 is 0 Å². The molecule has 1 N–H and O–H groups in total. The van der Waals surface area contributed by atoms with Crippen molar-refractivity contribution in [3.05, 3.63) is 59.7 Å². The maximum absolute atomic E-state index is 13.2. The van der Waals surface area contributed by atoms with Crippen LogP contribution in [0.2, 0.25) is 0 Å². The Morgan fingerprint density at radius 2 is 2.20 bits per heavy atom. The fourth-order valence-corrected chi connectivity index (χ4v) is 4.21. The largest absolute Gasteiger partial charge is 0.312 e. The van der Waals surface area contributed by atoms with E-state index >= 15 is 0 Å². The lowest BCUT2D eigenvalue weighted by Gasteiger charge is -2.32. The molecule has 2 aliphatic heterocycles. The molecule has 30 heavy (non-hydrogen) atoms. The summed E-state index contributed by atoms with van der Waals surface area (Å²) in [6.07, 6.45) is 7.49. The summed E-state index contributed by atoms with van der Waals surface area (Å²) in [7, 11) is 0. The summed E-state index contributed by atoms with van der Waals surface area (Å²) in [6, 6.07) is 2.42. The monoisotopic (exact) mass is 412 g/mol. The quantitative estimate of drug-likeness (QED) is 0.727. The van der Waals surface area contributed by atoms with Crippen LogP contribution in [0.1, 0.15) is 39.0 Å². The highest BCUT2D eigenvalue weighted by atomic mass is 19.1. The summed E-state index contributed by atoms with van der Waals surface area (Å²) in [5.74, 6) is -0.343. The second-order valence-electron chi connectivity index (χ2n) is 8.97. The number of piperazine rings is 1. The molecular formula is C24H33FN4O. The number of nitrogens with zero attached hydrogens (tertiary/aromatic N) is 3. The first-order valence-corrected chi connectivity index (χ1v) is 10.6. The van der Waals surface area contributed by atoms with Crippen molar-refractivity contribution < 1.29 is 9.18 Å². The molecule has 0 bridgehead atoms. The molecule has 0 aromatic carbocycles. The highest BCUT2D eigenvalue weighted by molar-refractivity contribution is 5.97. The molecule has 0 aliphatic carbocycles. The SMILES string of the molecule is C=C(F)/C=C\C(=C/C)Cc1cc2c(cn1)C(C)(C)CN2C(=O)CN1CCNC(C)C1. The van der Waals surface area contributed by atoms with Crippen LogP contribution in [0.15, 0.2) is 48.5 Å². The molecule has 1 unspecified atom stereocenters. The number of hydrogen-bond acceptors (Lipinski definition) is 4. The van der Waals surface area contributed by atoms with Gasteiger partial charge in [0.15, 0.2) is 0 Å². The van der Waals surface area contributed by atoms with Crippen LogP contribution in [0.5, 0.6) is 0 Å². The molecule has 3 heterocycles. The number of allylic oxidation sites excluding steroid dienone is 5. The number of fused-ring (bicyclic) bond motifs is 1. The zero-order chi connectivity index (χ0) is 21.9. The lowest BCUT2D eigenvalue weighted by atomic mass is 9.88. The van der Waals surface area contributed by atoms with Crippen LogP contribution in [0.25, 0.3) is 0 Å². The van der Waals surface area contributed by atoms with Gasteiger partial charge in [0.2, 0.25) is 5.91 Å². The standard InChI is InChI=1S/C24H33FN4O/c1-6-19(8-7-17(2)25)11-20-12-22-21(13-27-20)24(4,5)16-29(22)23(30)15-28-10-9-26-18(3)14-28/h6-8,12-13,18,26H,2,9-11,14-16H2,1,3-5H3/b8-7-,19-6+. The van der Waals surface area contributed by atoms with Gasteiger partial charge >= 0.3 is 0 Å². The Morgan fingerprint density at radius 1 is 1.43 bits per heavy atom. The molecule has 1 aromatic rings. The van der Waals surface area contributed by atoms with Gasteiger partial charge in [-0.3, -0.25) is 14.7 Å². The van der Waals surface area contributed by atoms with Gasteiger partial charge in [-0.2, -0.15) is 0 Å². The second kappa shape index (κ2) is 9.23. The lowest BCUT2D eigenvalue weighted by molar-refractivity contribution is -0.120. The summed E-state index contributed by atoms with van der Waals surface area (Å²) in [4.78, 5) is 22.0. The maximum Gasteiger partial charge on any atom is 0.241 e. The zero-order valence-corrected chi connectivity index (χ0v) is 18.5. The fourth-order valence-electron chi connectivity index (χ4n) is 4.21. The minimum Gasteiger partial charge on any atom is -0.312 e. The first-order chi connectivity index (χ1) is 14.2. The van der Waals surface area contributed by atoms with Gasteiger partial charge in [-0.25, -0.2) is 4.39 Å². The Labute approximate surface area is 179 Å². The molecule has 0 spiro atoms. The predicted octanol–water partition coefficient (Wildman–Crippen LogP) is 3.53. The van der Waals surface area contributed by atoms with Crippen LogP contribution < -0.4 is 10.2 Å². The van der Waals surface area contributed by atoms with E-state index in [-0.39, 0.29) is 11.3 Å². The number of aromatic nitrogens is 1. The number of hydrogen-bond donors (Lipinski definition) is 1. The van der Waals surface area contributed by atoms with Crippen molar-refractivity contribution in [2.75, 3.05) is 37.6 Å². The average molecular weight is 413 g/mol. The first kappa shape index (κ1) is 22.4. The molecule has 162 valence electrons. The smallest absolute Gasteiger partial charge is 0.241 e. The van der Waals surface area contributed by atoms with E-state index in [1.165, 1.54) is 6.08 Å². The van der Waals surface area contributed by atoms with Crippen molar-refractivity contribution in [3.63, 3.8) is 0 Å². The van der Waals surface area contributed by atoms with E-state index in [4.69, 9.17) is 0 Å². The first-order valence-electron chi connectivity index (χ1n) is 10.6. The van der Waals surface area contributed by atoms with Crippen molar-refractivity contribution >= 4 is 11.6 Å². The molecule has 1 fully saturated rings. The van der Waals surface area contributed by atoms with Crippen LogP contribution in [-0.2, 0) is 16.6 Å². The van der Waals surface area contributed by atoms with E-state index in [1.54, 1.807) is 6.08 Å². The third kappa shape index (κ3) is 5.24. The zero-order valence-electron chi connectivity index (χ0n) is 18.5. The van der Waals surface area contributed by atoms with E-state index in [0.717, 1.165) is 42.2 Å². The van der Waals surface area contributed by atoms with Crippen molar-refractivity contribution in [1.29, 1.82) is 0 Å². The van der Waals surface area contributed by atoms with E-state index in [0.29, 0.717) is 25.6 Å². The molecule has 0 radical (unpaired) electrons. The van der Waals surface area contributed by atoms with Crippen molar-refractivity contribution in [1.82, 2.24) is 15.2 Å². The van der Waals surface area contributed by atoms with Crippen LogP contribution in [0.4, 0.5) is 10.1 Å². The molecule has 1 atom stereocenters. The molecule has 0 saturated carbocycles. The second-order valence-corrected chi connectivity index (χ2v) is 8.97. The van der Waals surface area contributed by atoms with E-state index in [2.05, 4.69) is 42.6 Å². The van der Waals surface area contributed by atoms with Gasteiger partial charge in [-0.15, -0.1) is 0 Å². The fraction of sp³-hybridized carbons (Fsp3) is 0.500. The number of nitrogens with one attached hydrogen (secondary N) is 1. The summed E-state index contributed by atoms with van der Waals surface area (Å²) < 4.78 is 13.0. The molecule has 1 saturated heterocycles. The van der Waals surface area contributed by atoms with Gasteiger partial charge < -0.3 is 10.2 Å². The molecule has 3 rings (SSSR count). The predicted molar refractivity (Wildman–Crippen MR) is 120 cm³/mol. The average Bonchev–Trinajstić information content (AvgIpc) is 2.95. The van der Waals surface area contributed by atoms with Gasteiger partial charge in [-0.1, -0.05) is 32.6 Å². The third-order valence-corrected chi connectivity index (χ3v) is 5.86. The number of rotatable bonds is 6. The van der Waals surface area contributed by atoms with E-state index in [1.807, 2.05) is 30.2 Å². The normalized spacial score (nSPS) is 21.8. The minimum atomic E-state index is -0.475. The minimum absolute atomic E-state index is 0.132. The number of amides is 1. The van der Waals surface area contributed by atoms with E-state index < -0.39 is 5.83 Å². The topological polar surface area (TPSA) is 48.5 Å². The highest BCUT2D eigenvalue weighted by Crippen LogP contribution is 2.40. The molecule has 2 aliphatic rings. The summed E-state index contributed by atoms with van der Waals surface area (Å²) in [5, 5.41) is 3.42. The molecule has 1 aromatic heterocycles. The Kier molecular flexibility index (Phi) is 6.88. The van der Waals surface area contributed by atoms with Gasteiger partial charge in [0.1, 0.15) is 5.83 Å². The molecule has 5 nitrogen and oxygen atoms in total. The Bertz CT molecular complexity index is 874. The van der Waals surface area contributed by atoms with Crippen LogP contribution in [0, 0.1) is 0 Å². The van der Waals surface area contributed by atoms with Gasteiger partial charge in [0.25, 0.3) is 0 Å². The van der Waals surface area contributed by atoms with Crippen LogP contribution in [0.3, 0.4) is 0 Å². The van der Waals surface area contributed by atoms with Crippen molar-refractivity contribution in [2.24, 2.45) is 0 Å². The van der Waals surface area contributed by atoms with Crippen LogP contribution in [-0.4, -0.2) is 54.6 Å². The van der Waals surface area contributed by atoms with Crippen molar-refractivity contribution in [3.8, 4) is 0 Å². The highest BCUT2D eigenvalue weighted by Gasteiger charge is 2.39. The summed E-state index contributed by atoms with van der Waals surface area (Å²) in [5.41, 5.74) is 3.73. The molecular weight excluding hydrogens is 379 g/mol. The van der Waals surface area contributed by atoms with E-state index in [9.17, 15) is 9.18 Å². The number of anilines is 1. The van der Waals surface area contributed by atoms with Gasteiger partial charge in [-0.05, 0) is 31.6 Å². The lowest BCUT2D eigenvalue weighted by Crippen LogP contribution is -2.52. The number of carbonyl (C=O) groups excluding carboxylic acids is 1. The third-order valence-electron chi connectivity index (χ3n) is 5.86. The summed E-state index contributed by atoms with van der Waals surface area (Å²) in [6.45, 7) is 15.4. The molecule has 1 amide bonds. The van der Waals surface area contributed by atoms with Crippen molar-refractivity contribution in [2.45, 2.75) is 45.6 Å². The van der Waals surface area contributed by atoms with Gasteiger partial charge in [0.05, 0.1) is 12.2 Å². The Morgan fingerprint density at radius 3 is 2.87 bits per heavy atom. The molecule has 6 heteroatoms. The summed E-state index contributed by atoms with van der Waals surface area (Å²) >= 11 is 0. The number of halogens is 1. The Balaban J connectivity index is 1.80. The maximum atomic E-state index is 13.2. The number of pyridine rings is 1.